The van der Waals surface area contributed by atoms with E-state index in [1.807, 2.05) is 4.90 Å². The number of amides is 1. The summed E-state index contributed by atoms with van der Waals surface area (Å²) in [6.07, 6.45) is 4.27. The molecule has 0 bridgehead atoms. The molecule has 1 aliphatic carbocycles. The Bertz CT molecular complexity index is 330. The first-order chi connectivity index (χ1) is 7.94. The fourth-order valence-electron chi connectivity index (χ4n) is 2.55. The molecule has 0 aromatic rings. The van der Waals surface area contributed by atoms with Gasteiger partial charge in [-0.3, -0.25) is 4.79 Å². The molecule has 2 N–H and O–H groups in total. The standard InChI is InChI=1S/C13H22N2OS/c1-9(10-3-4-10)11(16)15-7-5-13(2,6-8-15)12(14)17/h9-10H,3-8H2,1-2H3,(H2,14,17). The highest BCUT2D eigenvalue weighted by Gasteiger charge is 2.38. The van der Waals surface area contributed by atoms with Crippen LogP contribution in [0.3, 0.4) is 0 Å². The Balaban J connectivity index is 1.90. The molecule has 17 heavy (non-hydrogen) atoms. The molecule has 3 nitrogen and oxygen atoms in total. The minimum atomic E-state index is -0.0467. The van der Waals surface area contributed by atoms with Crippen molar-refractivity contribution >= 4 is 23.1 Å². The number of hydrogen-bond donors (Lipinski definition) is 1. The van der Waals surface area contributed by atoms with Crippen molar-refractivity contribution in [2.75, 3.05) is 13.1 Å². The molecule has 2 fully saturated rings. The molecule has 4 heteroatoms. The summed E-state index contributed by atoms with van der Waals surface area (Å²) in [5, 5.41) is 0. The normalized spacial score (nSPS) is 25.4. The van der Waals surface area contributed by atoms with Crippen LogP contribution in [-0.2, 0) is 4.79 Å². The quantitative estimate of drug-likeness (QED) is 0.783. The van der Waals surface area contributed by atoms with Crippen molar-refractivity contribution in [2.45, 2.75) is 39.5 Å². The van der Waals surface area contributed by atoms with Gasteiger partial charge < -0.3 is 10.6 Å². The molecule has 1 saturated heterocycles. The van der Waals surface area contributed by atoms with Gasteiger partial charge in [0, 0.05) is 24.4 Å². The number of nitrogens with two attached hydrogens (primary N) is 1. The maximum Gasteiger partial charge on any atom is 0.225 e. The summed E-state index contributed by atoms with van der Waals surface area (Å²) >= 11 is 5.11. The van der Waals surface area contributed by atoms with Gasteiger partial charge in [-0.15, -0.1) is 0 Å². The lowest BCUT2D eigenvalue weighted by Gasteiger charge is -2.39. The van der Waals surface area contributed by atoms with Crippen LogP contribution in [0.4, 0.5) is 0 Å². The second-order valence-electron chi connectivity index (χ2n) is 5.88. The first-order valence-electron chi connectivity index (χ1n) is 6.53. The summed E-state index contributed by atoms with van der Waals surface area (Å²) in [7, 11) is 0. The van der Waals surface area contributed by atoms with Crippen molar-refractivity contribution < 1.29 is 4.79 Å². The number of hydrogen-bond acceptors (Lipinski definition) is 2. The van der Waals surface area contributed by atoms with Gasteiger partial charge in [-0.2, -0.15) is 0 Å². The second kappa shape index (κ2) is 4.56. The molecule has 2 rings (SSSR count). The van der Waals surface area contributed by atoms with Crippen LogP contribution in [0.5, 0.6) is 0 Å². The van der Waals surface area contributed by atoms with Crippen LogP contribution < -0.4 is 5.73 Å². The van der Waals surface area contributed by atoms with Gasteiger partial charge in [-0.05, 0) is 31.6 Å². The monoisotopic (exact) mass is 254 g/mol. The zero-order valence-electron chi connectivity index (χ0n) is 10.7. The van der Waals surface area contributed by atoms with Crippen molar-refractivity contribution in [2.24, 2.45) is 23.0 Å². The summed E-state index contributed by atoms with van der Waals surface area (Å²) in [6, 6.07) is 0. The van der Waals surface area contributed by atoms with E-state index in [0.29, 0.717) is 16.8 Å². The highest BCUT2D eigenvalue weighted by Crippen LogP contribution is 2.38. The minimum Gasteiger partial charge on any atom is -0.393 e. The second-order valence-corrected chi connectivity index (χ2v) is 6.32. The van der Waals surface area contributed by atoms with Crippen LogP contribution in [0.1, 0.15) is 39.5 Å². The van der Waals surface area contributed by atoms with Gasteiger partial charge in [0.2, 0.25) is 5.91 Å². The number of thiocarbonyl (C=S) groups is 1. The molecule has 1 amide bonds. The third-order valence-electron chi connectivity index (χ3n) is 4.49. The van der Waals surface area contributed by atoms with Crippen molar-refractivity contribution in [1.29, 1.82) is 0 Å². The Morgan fingerprint density at radius 1 is 1.41 bits per heavy atom. The zero-order chi connectivity index (χ0) is 12.6. The van der Waals surface area contributed by atoms with E-state index in [-0.39, 0.29) is 11.3 Å². The van der Waals surface area contributed by atoms with Crippen LogP contribution in [0, 0.1) is 17.3 Å². The Kier molecular flexibility index (Phi) is 3.43. The molecule has 0 aromatic heterocycles. The molecular formula is C13H22N2OS. The lowest BCUT2D eigenvalue weighted by molar-refractivity contribution is -0.137. The highest BCUT2D eigenvalue weighted by molar-refractivity contribution is 7.80. The van der Waals surface area contributed by atoms with Gasteiger partial charge >= 0.3 is 0 Å². The number of nitrogens with zero attached hydrogens (tertiary/aromatic N) is 1. The lowest BCUT2D eigenvalue weighted by atomic mass is 9.80. The summed E-state index contributed by atoms with van der Waals surface area (Å²) in [5.41, 5.74) is 5.72. The molecule has 96 valence electrons. The topological polar surface area (TPSA) is 46.3 Å². The van der Waals surface area contributed by atoms with E-state index in [4.69, 9.17) is 18.0 Å². The van der Waals surface area contributed by atoms with Crippen molar-refractivity contribution in [1.82, 2.24) is 4.90 Å². The molecule has 1 atom stereocenters. The number of likely N-dealkylation sites (tertiary alicyclic amines) is 1. The predicted octanol–water partition coefficient (Wildman–Crippen LogP) is 1.95. The smallest absolute Gasteiger partial charge is 0.225 e. The molecule has 1 unspecified atom stereocenters. The molecule has 0 aromatic carbocycles. The first kappa shape index (κ1) is 12.8. The molecule has 2 aliphatic rings. The van der Waals surface area contributed by atoms with Gasteiger partial charge in [0.1, 0.15) is 0 Å². The Labute approximate surface area is 109 Å². The van der Waals surface area contributed by atoms with Gasteiger partial charge in [0.05, 0.1) is 4.99 Å². The molecular weight excluding hydrogens is 232 g/mol. The summed E-state index contributed by atoms with van der Waals surface area (Å²) in [6.45, 7) is 5.80. The van der Waals surface area contributed by atoms with Crippen molar-refractivity contribution in [3.63, 3.8) is 0 Å². The van der Waals surface area contributed by atoms with E-state index in [0.717, 1.165) is 25.9 Å². The van der Waals surface area contributed by atoms with Gasteiger partial charge in [-0.25, -0.2) is 0 Å². The zero-order valence-corrected chi connectivity index (χ0v) is 11.6. The Morgan fingerprint density at radius 3 is 2.35 bits per heavy atom. The average molecular weight is 254 g/mol. The molecule has 1 heterocycles. The lowest BCUT2D eigenvalue weighted by Crippen LogP contribution is -2.48. The van der Waals surface area contributed by atoms with Gasteiger partial charge in [0.15, 0.2) is 0 Å². The maximum absolute atomic E-state index is 12.2. The van der Waals surface area contributed by atoms with E-state index >= 15 is 0 Å². The number of rotatable bonds is 3. The number of piperidine rings is 1. The van der Waals surface area contributed by atoms with Gasteiger partial charge in [0.25, 0.3) is 0 Å². The third kappa shape index (κ3) is 2.62. The number of carbonyl (C=O) groups is 1. The van der Waals surface area contributed by atoms with Crippen LogP contribution in [0.15, 0.2) is 0 Å². The van der Waals surface area contributed by atoms with E-state index in [1.165, 1.54) is 12.8 Å². The van der Waals surface area contributed by atoms with E-state index in [2.05, 4.69) is 13.8 Å². The average Bonchev–Trinajstić information content (AvgIpc) is 3.12. The number of carbonyl (C=O) groups excluding carboxylic acids is 1. The predicted molar refractivity (Wildman–Crippen MR) is 72.6 cm³/mol. The fourth-order valence-corrected chi connectivity index (χ4v) is 2.76. The molecule has 0 spiro atoms. The molecule has 0 radical (unpaired) electrons. The van der Waals surface area contributed by atoms with Crippen LogP contribution in [-0.4, -0.2) is 28.9 Å². The summed E-state index contributed by atoms with van der Waals surface area (Å²) in [5.74, 6) is 1.19. The van der Waals surface area contributed by atoms with E-state index < -0.39 is 0 Å². The Hall–Kier alpha value is -0.640. The van der Waals surface area contributed by atoms with Crippen LogP contribution in [0.2, 0.25) is 0 Å². The fraction of sp³-hybridized carbons (Fsp3) is 0.846. The van der Waals surface area contributed by atoms with Crippen molar-refractivity contribution in [3.05, 3.63) is 0 Å². The maximum atomic E-state index is 12.2. The van der Waals surface area contributed by atoms with Crippen LogP contribution in [0.25, 0.3) is 0 Å². The van der Waals surface area contributed by atoms with Crippen molar-refractivity contribution in [3.8, 4) is 0 Å². The third-order valence-corrected chi connectivity index (χ3v) is 4.98. The first-order valence-corrected chi connectivity index (χ1v) is 6.93. The van der Waals surface area contributed by atoms with Crippen LogP contribution >= 0.6 is 12.2 Å². The highest BCUT2D eigenvalue weighted by atomic mass is 32.1. The summed E-state index contributed by atoms with van der Waals surface area (Å²) < 4.78 is 0. The SMILES string of the molecule is CC(C(=O)N1CCC(C)(C(N)=S)CC1)C1CC1. The largest absolute Gasteiger partial charge is 0.393 e. The Morgan fingerprint density at radius 2 is 1.94 bits per heavy atom. The molecule has 1 saturated carbocycles. The minimum absolute atomic E-state index is 0.0467. The summed E-state index contributed by atoms with van der Waals surface area (Å²) in [4.78, 5) is 14.8. The van der Waals surface area contributed by atoms with E-state index in [9.17, 15) is 4.79 Å². The van der Waals surface area contributed by atoms with Gasteiger partial charge in [-0.1, -0.05) is 26.1 Å². The molecule has 1 aliphatic heterocycles. The van der Waals surface area contributed by atoms with E-state index in [1.54, 1.807) is 0 Å².